The second-order valence-electron chi connectivity index (χ2n) is 5.11. The molecule has 0 saturated heterocycles. The third kappa shape index (κ3) is 4.90. The summed E-state index contributed by atoms with van der Waals surface area (Å²) in [4.78, 5) is 0. The van der Waals surface area contributed by atoms with Crippen molar-refractivity contribution in [1.82, 2.24) is 10.7 Å². The van der Waals surface area contributed by atoms with E-state index in [2.05, 4.69) is 15.8 Å². The monoisotopic (exact) mass is 307 g/mol. The lowest BCUT2D eigenvalue weighted by Gasteiger charge is -2.23. The van der Waals surface area contributed by atoms with Crippen LogP contribution in [0, 0.1) is 0 Å². The predicted octanol–water partition coefficient (Wildman–Crippen LogP) is 2.53. The van der Waals surface area contributed by atoms with Crippen LogP contribution in [0.1, 0.15) is 37.7 Å². The van der Waals surface area contributed by atoms with Gasteiger partial charge in [0, 0.05) is 6.04 Å². The van der Waals surface area contributed by atoms with Gasteiger partial charge in [-0.25, -0.2) is 0 Å². The van der Waals surface area contributed by atoms with E-state index in [1.165, 1.54) is 39.2 Å². The van der Waals surface area contributed by atoms with Gasteiger partial charge in [0.2, 0.25) is 0 Å². The zero-order chi connectivity index (χ0) is 15.1. The molecule has 114 valence electrons. The lowest BCUT2D eigenvalue weighted by atomic mass is 9.96. The summed E-state index contributed by atoms with van der Waals surface area (Å²) >= 11 is 5.22. The van der Waals surface area contributed by atoms with Crippen LogP contribution in [0.25, 0.3) is 0 Å². The van der Waals surface area contributed by atoms with Crippen molar-refractivity contribution < 1.29 is 9.84 Å². The summed E-state index contributed by atoms with van der Waals surface area (Å²) in [6, 6.07) is 5.49. The minimum absolute atomic E-state index is 0.108. The molecule has 1 aromatic rings. The van der Waals surface area contributed by atoms with Crippen LogP contribution in [0.15, 0.2) is 23.3 Å². The van der Waals surface area contributed by atoms with Gasteiger partial charge in [0.05, 0.1) is 13.3 Å². The van der Waals surface area contributed by atoms with Gasteiger partial charge in [-0.1, -0.05) is 19.3 Å². The van der Waals surface area contributed by atoms with Crippen LogP contribution in [-0.2, 0) is 0 Å². The molecule has 3 N–H and O–H groups in total. The molecule has 1 aliphatic rings. The number of nitrogens with one attached hydrogen (secondary N) is 2. The summed E-state index contributed by atoms with van der Waals surface area (Å²) in [7, 11) is 1.51. The Morgan fingerprint density at radius 2 is 2.14 bits per heavy atom. The minimum Gasteiger partial charge on any atom is -0.504 e. The van der Waals surface area contributed by atoms with E-state index >= 15 is 0 Å². The molecule has 1 fully saturated rings. The van der Waals surface area contributed by atoms with Crippen LogP contribution in [-0.4, -0.2) is 29.6 Å². The van der Waals surface area contributed by atoms with Gasteiger partial charge in [0.1, 0.15) is 0 Å². The van der Waals surface area contributed by atoms with Crippen LogP contribution < -0.4 is 15.5 Å². The Bertz CT molecular complexity index is 514. The van der Waals surface area contributed by atoms with Crippen molar-refractivity contribution in [2.75, 3.05) is 7.11 Å². The Morgan fingerprint density at radius 1 is 1.38 bits per heavy atom. The number of hydrazone groups is 1. The van der Waals surface area contributed by atoms with Gasteiger partial charge in [-0.05, 0) is 48.8 Å². The standard InChI is InChI=1S/C15H21N3O2S/c1-20-14-9-11(7-8-13(14)19)10-16-18-15(21)17-12-5-3-2-4-6-12/h7-10,12,19H,2-6H2,1H3,(H2,17,18,21). The minimum atomic E-state index is 0.108. The number of aromatic hydroxyl groups is 1. The van der Waals surface area contributed by atoms with Crippen molar-refractivity contribution in [1.29, 1.82) is 0 Å². The van der Waals surface area contributed by atoms with Crippen LogP contribution in [0.5, 0.6) is 11.5 Å². The number of benzene rings is 1. The summed E-state index contributed by atoms with van der Waals surface area (Å²) in [5, 5.41) is 17.4. The number of ether oxygens (including phenoxy) is 1. The molecular weight excluding hydrogens is 286 g/mol. The van der Waals surface area contributed by atoms with Crippen molar-refractivity contribution in [2.45, 2.75) is 38.1 Å². The van der Waals surface area contributed by atoms with E-state index in [0.29, 0.717) is 16.9 Å². The fraction of sp³-hybridized carbons (Fsp3) is 0.467. The number of phenolic OH excluding ortho intramolecular Hbond substituents is 1. The molecular formula is C15H21N3O2S. The molecule has 2 rings (SSSR count). The van der Waals surface area contributed by atoms with Gasteiger partial charge < -0.3 is 15.2 Å². The van der Waals surface area contributed by atoms with Crippen LogP contribution in [0.4, 0.5) is 0 Å². The molecule has 0 heterocycles. The van der Waals surface area contributed by atoms with Crippen molar-refractivity contribution in [3.8, 4) is 11.5 Å². The number of nitrogens with zero attached hydrogens (tertiary/aromatic N) is 1. The van der Waals surface area contributed by atoms with Crippen LogP contribution in [0.2, 0.25) is 0 Å². The number of rotatable bonds is 4. The predicted molar refractivity (Wildman–Crippen MR) is 88.0 cm³/mol. The van der Waals surface area contributed by atoms with E-state index in [-0.39, 0.29) is 5.75 Å². The molecule has 0 amide bonds. The van der Waals surface area contributed by atoms with Crippen molar-refractivity contribution in [3.05, 3.63) is 23.8 Å². The average molecular weight is 307 g/mol. The van der Waals surface area contributed by atoms with Crippen LogP contribution >= 0.6 is 12.2 Å². The first-order valence-electron chi connectivity index (χ1n) is 7.15. The van der Waals surface area contributed by atoms with E-state index in [9.17, 15) is 5.11 Å². The fourth-order valence-electron chi connectivity index (χ4n) is 2.40. The molecule has 0 atom stereocenters. The van der Waals surface area contributed by atoms with Gasteiger partial charge in [-0.2, -0.15) is 5.10 Å². The molecule has 0 spiro atoms. The quantitative estimate of drug-likeness (QED) is 0.453. The van der Waals surface area contributed by atoms with Gasteiger partial charge in [0.15, 0.2) is 16.6 Å². The highest BCUT2D eigenvalue weighted by Crippen LogP contribution is 2.25. The molecule has 1 aromatic carbocycles. The maximum atomic E-state index is 9.51. The molecule has 1 aliphatic carbocycles. The molecule has 0 radical (unpaired) electrons. The van der Waals surface area contributed by atoms with Gasteiger partial charge in [0.25, 0.3) is 0 Å². The number of hydrogen-bond acceptors (Lipinski definition) is 4. The normalized spacial score (nSPS) is 15.9. The Balaban J connectivity index is 1.82. The third-order valence-corrected chi connectivity index (χ3v) is 3.73. The van der Waals surface area contributed by atoms with Crippen molar-refractivity contribution in [3.63, 3.8) is 0 Å². The largest absolute Gasteiger partial charge is 0.504 e. The molecule has 0 bridgehead atoms. The second kappa shape index (κ2) is 7.83. The molecule has 21 heavy (non-hydrogen) atoms. The summed E-state index contributed by atoms with van der Waals surface area (Å²) in [5.41, 5.74) is 3.63. The maximum absolute atomic E-state index is 9.51. The third-order valence-electron chi connectivity index (χ3n) is 3.52. The Hall–Kier alpha value is -1.82. The van der Waals surface area contributed by atoms with E-state index in [1.807, 2.05) is 0 Å². The Kier molecular flexibility index (Phi) is 5.80. The number of hydrogen-bond donors (Lipinski definition) is 3. The lowest BCUT2D eigenvalue weighted by molar-refractivity contribution is 0.373. The lowest BCUT2D eigenvalue weighted by Crippen LogP contribution is -2.40. The van der Waals surface area contributed by atoms with E-state index in [0.717, 1.165) is 5.56 Å². The van der Waals surface area contributed by atoms with Crippen molar-refractivity contribution >= 4 is 23.5 Å². The maximum Gasteiger partial charge on any atom is 0.187 e. The smallest absolute Gasteiger partial charge is 0.187 e. The summed E-state index contributed by atoms with van der Waals surface area (Å²) < 4.78 is 5.04. The number of thiocarbonyl (C=S) groups is 1. The molecule has 0 unspecified atom stereocenters. The zero-order valence-electron chi connectivity index (χ0n) is 12.1. The highest BCUT2D eigenvalue weighted by Gasteiger charge is 2.13. The summed E-state index contributed by atoms with van der Waals surface area (Å²) in [5.74, 6) is 0.527. The molecule has 5 nitrogen and oxygen atoms in total. The molecule has 0 aliphatic heterocycles. The highest BCUT2D eigenvalue weighted by atomic mass is 32.1. The van der Waals surface area contributed by atoms with Crippen molar-refractivity contribution in [2.24, 2.45) is 5.10 Å². The van der Waals surface area contributed by atoms with Gasteiger partial charge >= 0.3 is 0 Å². The summed E-state index contributed by atoms with van der Waals surface area (Å²) in [6.45, 7) is 0. The van der Waals surface area contributed by atoms with E-state index in [1.54, 1.807) is 24.4 Å². The van der Waals surface area contributed by atoms with Gasteiger partial charge in [-0.15, -0.1) is 0 Å². The average Bonchev–Trinajstić information content (AvgIpc) is 2.50. The second-order valence-corrected chi connectivity index (χ2v) is 5.52. The van der Waals surface area contributed by atoms with Gasteiger partial charge in [-0.3, -0.25) is 5.43 Å². The Morgan fingerprint density at radius 3 is 2.86 bits per heavy atom. The molecule has 6 heteroatoms. The van der Waals surface area contributed by atoms with E-state index < -0.39 is 0 Å². The van der Waals surface area contributed by atoms with E-state index in [4.69, 9.17) is 17.0 Å². The summed E-state index contributed by atoms with van der Waals surface area (Å²) in [6.07, 6.45) is 7.81. The van der Waals surface area contributed by atoms with Crippen LogP contribution in [0.3, 0.4) is 0 Å². The Labute approximate surface area is 130 Å². The zero-order valence-corrected chi connectivity index (χ0v) is 12.9. The SMILES string of the molecule is COc1cc(C=NNC(=S)NC2CCCCC2)ccc1O. The first kappa shape index (κ1) is 15.6. The molecule has 1 saturated carbocycles. The molecule has 0 aromatic heterocycles. The first-order chi connectivity index (χ1) is 10.2. The fourth-order valence-corrected chi connectivity index (χ4v) is 2.62. The first-order valence-corrected chi connectivity index (χ1v) is 7.56. The number of phenols is 1. The number of methoxy groups -OCH3 is 1. The topological polar surface area (TPSA) is 65.9 Å². The highest BCUT2D eigenvalue weighted by molar-refractivity contribution is 7.80.